The van der Waals surface area contributed by atoms with Crippen LogP contribution in [-0.2, 0) is 4.74 Å². The first-order chi connectivity index (χ1) is 8.12. The molecule has 0 aromatic carbocycles. The second-order valence-electron chi connectivity index (χ2n) is 4.52. The zero-order chi connectivity index (χ0) is 14.4. The van der Waals surface area contributed by atoms with Gasteiger partial charge in [0.2, 0.25) is 0 Å². The summed E-state index contributed by atoms with van der Waals surface area (Å²) in [5.41, 5.74) is 0. The van der Waals surface area contributed by atoms with Gasteiger partial charge in [-0.2, -0.15) is 22.0 Å². The molecule has 0 amide bonds. The van der Waals surface area contributed by atoms with Crippen molar-refractivity contribution in [3.63, 3.8) is 0 Å². The third-order valence-electron chi connectivity index (χ3n) is 2.46. The van der Waals surface area contributed by atoms with Crippen molar-refractivity contribution < 1.29 is 26.7 Å². The lowest BCUT2D eigenvalue weighted by atomic mass is 10.1. The van der Waals surface area contributed by atoms with E-state index in [9.17, 15) is 22.0 Å². The number of hydrogen-bond acceptors (Lipinski definition) is 2. The number of alkyl halides is 5. The Labute approximate surface area is 104 Å². The second kappa shape index (κ2) is 7.23. The van der Waals surface area contributed by atoms with E-state index < -0.39 is 18.7 Å². The fraction of sp³-hybridized carbons (Fsp3) is 1.00. The zero-order valence-corrected chi connectivity index (χ0v) is 10.8. The lowest BCUT2D eigenvalue weighted by Crippen LogP contribution is -2.43. The first-order valence-corrected chi connectivity index (χ1v) is 5.87. The molecule has 0 saturated heterocycles. The molecule has 0 saturated carbocycles. The predicted molar refractivity (Wildman–Crippen MR) is 58.7 cm³/mol. The molecule has 1 unspecified atom stereocenters. The van der Waals surface area contributed by atoms with E-state index in [1.165, 1.54) is 0 Å². The molecule has 0 aliphatic heterocycles. The summed E-state index contributed by atoms with van der Waals surface area (Å²) in [6.45, 7) is 4.50. The van der Waals surface area contributed by atoms with E-state index in [0.29, 0.717) is 6.54 Å². The van der Waals surface area contributed by atoms with Crippen molar-refractivity contribution in [1.82, 2.24) is 5.32 Å². The normalized spacial score (nSPS) is 15.2. The summed E-state index contributed by atoms with van der Waals surface area (Å²) >= 11 is 0. The monoisotopic (exact) mass is 277 g/mol. The van der Waals surface area contributed by atoms with Gasteiger partial charge in [-0.3, -0.25) is 0 Å². The summed E-state index contributed by atoms with van der Waals surface area (Å²) < 4.78 is 65.3. The Balaban J connectivity index is 4.14. The van der Waals surface area contributed by atoms with Gasteiger partial charge in [0.1, 0.15) is 6.61 Å². The molecule has 0 aliphatic carbocycles. The molecule has 0 aromatic rings. The largest absolute Gasteiger partial charge is 0.455 e. The van der Waals surface area contributed by atoms with Gasteiger partial charge in [0.25, 0.3) is 0 Å². The Morgan fingerprint density at radius 3 is 2.06 bits per heavy atom. The second-order valence-corrected chi connectivity index (χ2v) is 4.52. The van der Waals surface area contributed by atoms with Crippen LogP contribution in [0.15, 0.2) is 0 Å². The Morgan fingerprint density at radius 2 is 1.67 bits per heavy atom. The summed E-state index contributed by atoms with van der Waals surface area (Å²) in [6, 6.07) is -0.228. The van der Waals surface area contributed by atoms with Crippen molar-refractivity contribution in [2.24, 2.45) is 5.92 Å². The van der Waals surface area contributed by atoms with Crippen molar-refractivity contribution in [2.75, 3.05) is 19.8 Å². The van der Waals surface area contributed by atoms with Crippen LogP contribution in [0.1, 0.15) is 27.2 Å². The molecule has 0 aliphatic rings. The predicted octanol–water partition coefficient (Wildman–Crippen LogP) is 3.22. The number of ether oxygens (including phenoxy) is 1. The van der Waals surface area contributed by atoms with Crippen LogP contribution in [0.4, 0.5) is 22.0 Å². The number of hydrogen-bond donors (Lipinski definition) is 1. The lowest BCUT2D eigenvalue weighted by molar-refractivity contribution is -0.297. The van der Waals surface area contributed by atoms with Crippen LogP contribution in [0.2, 0.25) is 0 Å². The molecule has 0 heterocycles. The number of nitrogens with one attached hydrogen (secondary N) is 1. The maximum Gasteiger partial charge on any atom is 0.455 e. The highest BCUT2D eigenvalue weighted by Gasteiger charge is 2.57. The van der Waals surface area contributed by atoms with Gasteiger partial charge >= 0.3 is 12.1 Å². The van der Waals surface area contributed by atoms with Gasteiger partial charge in [-0.05, 0) is 18.9 Å². The molecule has 0 rings (SSSR count). The molecule has 1 atom stereocenters. The van der Waals surface area contributed by atoms with E-state index in [1.807, 2.05) is 20.8 Å². The highest BCUT2D eigenvalue weighted by molar-refractivity contribution is 4.76. The van der Waals surface area contributed by atoms with Crippen molar-refractivity contribution >= 4 is 0 Å². The Kier molecular flexibility index (Phi) is 7.06. The fourth-order valence-electron chi connectivity index (χ4n) is 1.21. The summed E-state index contributed by atoms with van der Waals surface area (Å²) in [5, 5.41) is 3.04. The van der Waals surface area contributed by atoms with Gasteiger partial charge in [-0.25, -0.2) is 0 Å². The van der Waals surface area contributed by atoms with Crippen LogP contribution in [0.5, 0.6) is 0 Å². The van der Waals surface area contributed by atoms with Crippen LogP contribution in [-0.4, -0.2) is 37.9 Å². The molecular weight excluding hydrogens is 257 g/mol. The highest BCUT2D eigenvalue weighted by atomic mass is 19.4. The summed E-state index contributed by atoms with van der Waals surface area (Å²) in [7, 11) is 0. The third kappa shape index (κ3) is 5.95. The molecule has 0 aromatic heterocycles. The van der Waals surface area contributed by atoms with Gasteiger partial charge in [0, 0.05) is 6.04 Å². The van der Waals surface area contributed by atoms with Gasteiger partial charge in [0.15, 0.2) is 0 Å². The molecule has 1 N–H and O–H groups in total. The third-order valence-corrected chi connectivity index (χ3v) is 2.46. The summed E-state index contributed by atoms with van der Waals surface area (Å²) in [5.74, 6) is -4.70. The van der Waals surface area contributed by atoms with Crippen LogP contribution in [0, 0.1) is 5.92 Å². The molecule has 110 valence electrons. The highest BCUT2D eigenvalue weighted by Crippen LogP contribution is 2.35. The fourth-order valence-corrected chi connectivity index (χ4v) is 1.21. The Morgan fingerprint density at radius 1 is 1.11 bits per heavy atom. The molecule has 7 heteroatoms. The van der Waals surface area contributed by atoms with Crippen LogP contribution >= 0.6 is 0 Å². The van der Waals surface area contributed by atoms with Crippen molar-refractivity contribution in [3.8, 4) is 0 Å². The van der Waals surface area contributed by atoms with E-state index in [4.69, 9.17) is 0 Å². The molecule has 2 nitrogen and oxygen atoms in total. The Bertz CT molecular complexity index is 230. The standard InChI is InChI=1S/C11H20F5NO/c1-4-5-17-9(8(2)3)6-18-7-10(12,13)11(14,15)16/h8-9,17H,4-7H2,1-3H3. The molecule has 0 fully saturated rings. The van der Waals surface area contributed by atoms with Crippen LogP contribution < -0.4 is 5.32 Å². The lowest BCUT2D eigenvalue weighted by Gasteiger charge is -2.24. The minimum atomic E-state index is -5.56. The van der Waals surface area contributed by atoms with E-state index in [1.54, 1.807) is 0 Å². The van der Waals surface area contributed by atoms with Crippen molar-refractivity contribution in [3.05, 3.63) is 0 Å². The average Bonchev–Trinajstić information content (AvgIpc) is 2.20. The number of halogens is 5. The maximum atomic E-state index is 12.6. The van der Waals surface area contributed by atoms with Gasteiger partial charge in [-0.1, -0.05) is 20.8 Å². The Hall–Kier alpha value is -0.430. The maximum absolute atomic E-state index is 12.6. The van der Waals surface area contributed by atoms with Crippen molar-refractivity contribution in [1.29, 1.82) is 0 Å². The first-order valence-electron chi connectivity index (χ1n) is 5.87. The summed E-state index contributed by atoms with van der Waals surface area (Å²) in [4.78, 5) is 0. The molecule has 0 radical (unpaired) electrons. The van der Waals surface area contributed by atoms with E-state index >= 15 is 0 Å². The van der Waals surface area contributed by atoms with E-state index in [2.05, 4.69) is 10.1 Å². The van der Waals surface area contributed by atoms with Gasteiger partial charge < -0.3 is 10.1 Å². The molecular formula is C11H20F5NO. The zero-order valence-electron chi connectivity index (χ0n) is 10.8. The average molecular weight is 277 g/mol. The minimum Gasteiger partial charge on any atom is -0.373 e. The van der Waals surface area contributed by atoms with Crippen molar-refractivity contribution in [2.45, 2.75) is 45.3 Å². The molecule has 18 heavy (non-hydrogen) atoms. The SMILES string of the molecule is CCCNC(COCC(F)(F)C(F)(F)F)C(C)C. The minimum absolute atomic E-state index is 0.0936. The quantitative estimate of drug-likeness (QED) is 0.688. The molecule has 0 bridgehead atoms. The molecule has 0 spiro atoms. The van der Waals surface area contributed by atoms with Crippen LogP contribution in [0.25, 0.3) is 0 Å². The number of rotatable bonds is 8. The van der Waals surface area contributed by atoms with Crippen LogP contribution in [0.3, 0.4) is 0 Å². The van der Waals surface area contributed by atoms with Gasteiger partial charge in [0.05, 0.1) is 6.61 Å². The summed E-state index contributed by atoms with van der Waals surface area (Å²) in [6.07, 6.45) is -4.71. The van der Waals surface area contributed by atoms with E-state index in [0.717, 1.165) is 6.42 Å². The smallest absolute Gasteiger partial charge is 0.373 e. The van der Waals surface area contributed by atoms with Gasteiger partial charge in [-0.15, -0.1) is 0 Å². The topological polar surface area (TPSA) is 21.3 Å². The first kappa shape index (κ1) is 17.6. The van der Waals surface area contributed by atoms with E-state index in [-0.39, 0.29) is 18.6 Å².